The van der Waals surface area contributed by atoms with Crippen LogP contribution in [0.3, 0.4) is 0 Å². The van der Waals surface area contributed by atoms with Crippen LogP contribution in [0.5, 0.6) is 0 Å². The van der Waals surface area contributed by atoms with E-state index in [4.69, 9.17) is 0 Å². The van der Waals surface area contributed by atoms with Gasteiger partial charge in [0.2, 0.25) is 0 Å². The third-order valence-electron chi connectivity index (χ3n) is 5.08. The second-order valence-electron chi connectivity index (χ2n) is 6.81. The van der Waals surface area contributed by atoms with Crippen molar-refractivity contribution in [2.24, 2.45) is 0 Å². The molecule has 1 N–H and O–H groups in total. The monoisotopic (exact) mass is 378 g/mol. The van der Waals surface area contributed by atoms with Gasteiger partial charge >= 0.3 is 12.1 Å². The summed E-state index contributed by atoms with van der Waals surface area (Å²) < 4.78 is 41.1. The van der Waals surface area contributed by atoms with Crippen LogP contribution >= 0.6 is 0 Å². The maximum atomic E-state index is 13.7. The molecule has 1 fully saturated rings. The predicted octanol–water partition coefficient (Wildman–Crippen LogP) is 4.44. The number of alkyl halides is 3. The molecule has 0 bridgehead atoms. The summed E-state index contributed by atoms with van der Waals surface area (Å²) in [5.74, 6) is -1.00. The Bertz CT molecular complexity index is 823. The first-order chi connectivity index (χ1) is 12.8. The van der Waals surface area contributed by atoms with Crippen LogP contribution in [0.4, 0.5) is 13.2 Å². The summed E-state index contributed by atoms with van der Waals surface area (Å²) in [7, 11) is 0. The lowest BCUT2D eigenvalue weighted by Gasteiger charge is -2.40. The van der Waals surface area contributed by atoms with E-state index in [-0.39, 0.29) is 5.56 Å². The van der Waals surface area contributed by atoms with Crippen LogP contribution in [0.25, 0.3) is 0 Å². The SMILES string of the molecule is Cc1cnccc1C(c1ccccc1C(F)(F)F)N1CCCCC1C(=O)O. The average Bonchev–Trinajstić information content (AvgIpc) is 2.63. The Kier molecular flexibility index (Phi) is 5.51. The summed E-state index contributed by atoms with van der Waals surface area (Å²) in [5.41, 5.74) is 0.720. The second kappa shape index (κ2) is 7.68. The molecule has 2 aromatic rings. The van der Waals surface area contributed by atoms with Gasteiger partial charge in [-0.05, 0) is 55.1 Å². The van der Waals surface area contributed by atoms with E-state index < -0.39 is 29.8 Å². The van der Waals surface area contributed by atoms with Gasteiger partial charge < -0.3 is 5.11 Å². The zero-order valence-electron chi connectivity index (χ0n) is 14.9. The van der Waals surface area contributed by atoms with Crippen LogP contribution in [0, 0.1) is 6.92 Å². The topological polar surface area (TPSA) is 53.4 Å². The molecule has 0 saturated carbocycles. The van der Waals surface area contributed by atoms with Gasteiger partial charge in [0.05, 0.1) is 11.6 Å². The summed E-state index contributed by atoms with van der Waals surface area (Å²) in [6.45, 7) is 2.21. The van der Waals surface area contributed by atoms with Crippen molar-refractivity contribution in [1.82, 2.24) is 9.88 Å². The number of likely N-dealkylation sites (tertiary alicyclic amines) is 1. The van der Waals surface area contributed by atoms with Crippen molar-refractivity contribution in [2.45, 2.75) is 44.4 Å². The molecule has 27 heavy (non-hydrogen) atoms. The number of aliphatic carboxylic acids is 1. The van der Waals surface area contributed by atoms with Crippen LogP contribution in [0.15, 0.2) is 42.7 Å². The standard InChI is InChI=1S/C20H21F3N2O2/c1-13-12-24-10-9-14(13)18(25-11-5-4-8-17(25)19(26)27)15-6-2-3-7-16(15)20(21,22)23/h2-3,6-7,9-10,12,17-18H,4-5,8,11H2,1H3,(H,26,27). The smallest absolute Gasteiger partial charge is 0.416 e. The van der Waals surface area contributed by atoms with E-state index in [9.17, 15) is 23.1 Å². The Morgan fingerprint density at radius 3 is 2.63 bits per heavy atom. The van der Waals surface area contributed by atoms with Gasteiger partial charge in [-0.25, -0.2) is 0 Å². The Morgan fingerprint density at radius 2 is 1.96 bits per heavy atom. The van der Waals surface area contributed by atoms with Crippen molar-refractivity contribution >= 4 is 5.97 Å². The first-order valence-corrected chi connectivity index (χ1v) is 8.86. The number of aryl methyl sites for hydroxylation is 1. The first kappa shape index (κ1) is 19.4. The molecule has 1 saturated heterocycles. The molecule has 1 aliphatic rings. The fourth-order valence-electron chi connectivity index (χ4n) is 3.84. The maximum Gasteiger partial charge on any atom is 0.416 e. The molecule has 1 aliphatic heterocycles. The summed E-state index contributed by atoms with van der Waals surface area (Å²) in [6, 6.07) is 5.48. The summed E-state index contributed by atoms with van der Waals surface area (Å²) in [5, 5.41) is 9.67. The van der Waals surface area contributed by atoms with Crippen molar-refractivity contribution in [3.8, 4) is 0 Å². The number of benzene rings is 1. The number of hydrogen-bond acceptors (Lipinski definition) is 3. The molecule has 1 aromatic carbocycles. The van der Waals surface area contributed by atoms with Gasteiger partial charge in [0, 0.05) is 12.4 Å². The molecule has 1 aromatic heterocycles. The molecule has 3 rings (SSSR count). The minimum Gasteiger partial charge on any atom is -0.480 e. The van der Waals surface area contributed by atoms with Crippen molar-refractivity contribution in [3.05, 3.63) is 65.0 Å². The van der Waals surface area contributed by atoms with E-state index in [0.717, 1.165) is 24.5 Å². The van der Waals surface area contributed by atoms with E-state index in [1.807, 2.05) is 0 Å². The molecule has 7 heteroatoms. The van der Waals surface area contributed by atoms with Gasteiger partial charge in [0.25, 0.3) is 0 Å². The van der Waals surface area contributed by atoms with Crippen molar-refractivity contribution < 1.29 is 23.1 Å². The van der Waals surface area contributed by atoms with Gasteiger partial charge in [-0.2, -0.15) is 13.2 Å². The number of carboxylic acids is 1. The highest BCUT2D eigenvalue weighted by molar-refractivity contribution is 5.73. The van der Waals surface area contributed by atoms with Gasteiger partial charge in [0.15, 0.2) is 0 Å². The van der Waals surface area contributed by atoms with Crippen molar-refractivity contribution in [3.63, 3.8) is 0 Å². The number of carbonyl (C=O) groups is 1. The van der Waals surface area contributed by atoms with Crippen LogP contribution in [-0.4, -0.2) is 33.5 Å². The van der Waals surface area contributed by atoms with Crippen LogP contribution in [-0.2, 0) is 11.0 Å². The van der Waals surface area contributed by atoms with E-state index in [1.165, 1.54) is 18.3 Å². The number of pyridine rings is 1. The van der Waals surface area contributed by atoms with Crippen LogP contribution in [0.2, 0.25) is 0 Å². The Morgan fingerprint density at radius 1 is 1.22 bits per heavy atom. The maximum absolute atomic E-state index is 13.7. The Balaban J connectivity index is 2.21. The Labute approximate surface area is 155 Å². The molecule has 0 spiro atoms. The highest BCUT2D eigenvalue weighted by Gasteiger charge is 2.40. The molecule has 2 heterocycles. The van der Waals surface area contributed by atoms with E-state index >= 15 is 0 Å². The summed E-state index contributed by atoms with van der Waals surface area (Å²) in [6.07, 6.45) is 0.521. The van der Waals surface area contributed by atoms with Crippen molar-refractivity contribution in [1.29, 1.82) is 0 Å². The number of rotatable bonds is 4. The molecule has 2 atom stereocenters. The van der Waals surface area contributed by atoms with Gasteiger partial charge in [0.1, 0.15) is 6.04 Å². The zero-order valence-corrected chi connectivity index (χ0v) is 14.9. The Hall–Kier alpha value is -2.41. The van der Waals surface area contributed by atoms with Crippen molar-refractivity contribution in [2.75, 3.05) is 6.54 Å². The fraction of sp³-hybridized carbons (Fsp3) is 0.400. The fourth-order valence-corrected chi connectivity index (χ4v) is 3.84. The molecule has 2 unspecified atom stereocenters. The molecular formula is C20H21F3N2O2. The number of hydrogen-bond donors (Lipinski definition) is 1. The molecular weight excluding hydrogens is 357 g/mol. The second-order valence-corrected chi connectivity index (χ2v) is 6.81. The lowest BCUT2D eigenvalue weighted by atomic mass is 9.88. The average molecular weight is 378 g/mol. The number of halogens is 3. The third-order valence-corrected chi connectivity index (χ3v) is 5.08. The van der Waals surface area contributed by atoms with Crippen LogP contribution in [0.1, 0.15) is 47.6 Å². The normalized spacial score (nSPS) is 19.6. The molecule has 144 valence electrons. The first-order valence-electron chi connectivity index (χ1n) is 8.86. The predicted molar refractivity (Wildman–Crippen MR) is 94.2 cm³/mol. The highest BCUT2D eigenvalue weighted by atomic mass is 19.4. The lowest BCUT2D eigenvalue weighted by Crippen LogP contribution is -2.47. The lowest BCUT2D eigenvalue weighted by molar-refractivity contribution is -0.145. The highest BCUT2D eigenvalue weighted by Crippen LogP contribution is 2.41. The van der Waals surface area contributed by atoms with Crippen LogP contribution < -0.4 is 0 Å². The van der Waals surface area contributed by atoms with Gasteiger partial charge in [-0.15, -0.1) is 0 Å². The van der Waals surface area contributed by atoms with Gasteiger partial charge in [-0.1, -0.05) is 24.6 Å². The number of piperidine rings is 1. The van der Waals surface area contributed by atoms with E-state index in [0.29, 0.717) is 18.5 Å². The quantitative estimate of drug-likeness (QED) is 0.855. The minimum absolute atomic E-state index is 0.0763. The molecule has 4 nitrogen and oxygen atoms in total. The molecule has 0 amide bonds. The van der Waals surface area contributed by atoms with E-state index in [1.54, 1.807) is 30.2 Å². The van der Waals surface area contributed by atoms with E-state index in [2.05, 4.69) is 4.98 Å². The molecule has 0 radical (unpaired) electrons. The number of carboxylic acid groups (broad SMARTS) is 1. The molecule has 0 aliphatic carbocycles. The minimum atomic E-state index is -4.52. The largest absolute Gasteiger partial charge is 0.480 e. The third kappa shape index (κ3) is 3.98. The van der Waals surface area contributed by atoms with Gasteiger partial charge in [-0.3, -0.25) is 14.7 Å². The summed E-state index contributed by atoms with van der Waals surface area (Å²) >= 11 is 0. The number of aromatic nitrogens is 1. The zero-order chi connectivity index (χ0) is 19.6. The summed E-state index contributed by atoms with van der Waals surface area (Å²) in [4.78, 5) is 17.5. The number of nitrogens with zero attached hydrogens (tertiary/aromatic N) is 2.